The van der Waals surface area contributed by atoms with Crippen molar-refractivity contribution in [2.75, 3.05) is 33.2 Å². The van der Waals surface area contributed by atoms with Crippen LogP contribution in [0.4, 0.5) is 0 Å². The Morgan fingerprint density at radius 2 is 1.33 bits per heavy atom. The fourth-order valence-corrected chi connectivity index (χ4v) is 3.45. The van der Waals surface area contributed by atoms with Gasteiger partial charge in [0, 0.05) is 6.04 Å². The van der Waals surface area contributed by atoms with E-state index in [4.69, 9.17) is 0 Å². The fraction of sp³-hybridized carbons (Fsp3) is 0.458. The van der Waals surface area contributed by atoms with Crippen molar-refractivity contribution >= 4 is 5.91 Å². The molecule has 0 unspecified atom stereocenters. The van der Waals surface area contributed by atoms with Gasteiger partial charge in [-0.25, -0.2) is 0 Å². The van der Waals surface area contributed by atoms with Crippen molar-refractivity contribution in [1.29, 1.82) is 0 Å². The van der Waals surface area contributed by atoms with Gasteiger partial charge in [-0.15, -0.1) is 0 Å². The van der Waals surface area contributed by atoms with Crippen molar-refractivity contribution < 1.29 is 9.28 Å². The van der Waals surface area contributed by atoms with Crippen LogP contribution >= 0.6 is 0 Å². The molecule has 0 spiro atoms. The van der Waals surface area contributed by atoms with Crippen LogP contribution in [0.15, 0.2) is 60.7 Å². The molecule has 2 aromatic carbocycles. The maximum absolute atomic E-state index is 13.7. The van der Waals surface area contributed by atoms with Gasteiger partial charge < -0.3 is 9.38 Å². The molecule has 0 radical (unpaired) electrons. The summed E-state index contributed by atoms with van der Waals surface area (Å²) in [5.41, 5.74) is 2.12. The van der Waals surface area contributed by atoms with Crippen LogP contribution in [0.25, 0.3) is 0 Å². The minimum absolute atomic E-state index is 0.176. The Morgan fingerprint density at radius 1 is 0.889 bits per heavy atom. The normalized spacial score (nSPS) is 11.8. The highest BCUT2D eigenvalue weighted by atomic mass is 16.2. The molecule has 146 valence electrons. The van der Waals surface area contributed by atoms with Crippen LogP contribution in [0.5, 0.6) is 0 Å². The largest absolute Gasteiger partial charge is 0.334 e. The van der Waals surface area contributed by atoms with Crippen LogP contribution in [0.2, 0.25) is 0 Å². The van der Waals surface area contributed by atoms with Crippen molar-refractivity contribution in [1.82, 2.24) is 4.90 Å². The number of quaternary nitrogens is 1. The zero-order chi connectivity index (χ0) is 19.9. The van der Waals surface area contributed by atoms with Crippen molar-refractivity contribution in [3.8, 4) is 0 Å². The molecule has 2 rings (SSSR count). The molecule has 0 aliphatic heterocycles. The van der Waals surface area contributed by atoms with E-state index in [1.165, 1.54) is 0 Å². The zero-order valence-electron chi connectivity index (χ0n) is 17.6. The quantitative estimate of drug-likeness (QED) is 0.596. The van der Waals surface area contributed by atoms with E-state index in [9.17, 15) is 4.79 Å². The van der Waals surface area contributed by atoms with Gasteiger partial charge in [-0.1, -0.05) is 60.7 Å². The summed E-state index contributed by atoms with van der Waals surface area (Å²) in [6.07, 6.45) is 0. The third-order valence-corrected chi connectivity index (χ3v) is 5.83. The molecular weight excluding hydrogens is 332 g/mol. The number of hydrogen-bond acceptors (Lipinski definition) is 1. The Kier molecular flexibility index (Phi) is 7.61. The first-order valence-electron chi connectivity index (χ1n) is 10.2. The second-order valence-corrected chi connectivity index (χ2v) is 7.86. The molecule has 3 heteroatoms. The van der Waals surface area contributed by atoms with Crippen LogP contribution in [-0.2, 0) is 4.79 Å². The van der Waals surface area contributed by atoms with Gasteiger partial charge in [0.2, 0.25) is 5.91 Å². The number of carbonyl (C=O) groups excluding carboxylic acids is 1. The molecular formula is C24H35N2O+. The lowest BCUT2D eigenvalue weighted by Gasteiger charge is -2.37. The van der Waals surface area contributed by atoms with E-state index < -0.39 is 0 Å². The van der Waals surface area contributed by atoms with Gasteiger partial charge in [-0.3, -0.25) is 4.79 Å². The first kappa shape index (κ1) is 21.2. The lowest BCUT2D eigenvalue weighted by Crippen LogP contribution is -2.51. The third kappa shape index (κ3) is 5.43. The average molecular weight is 368 g/mol. The minimum atomic E-state index is -0.253. The van der Waals surface area contributed by atoms with Crippen LogP contribution < -0.4 is 0 Å². The summed E-state index contributed by atoms with van der Waals surface area (Å²) in [6.45, 7) is 12.6. The Bertz CT molecular complexity index is 653. The highest BCUT2D eigenvalue weighted by Crippen LogP contribution is 2.27. The standard InChI is InChI=1S/C24H35N2O/c1-6-26(5,7-2)19-18-25(20(3)4)24(27)23(21-14-10-8-11-15-21)22-16-12-9-13-17-22/h8-17,20,23H,6-7,18-19H2,1-5H3/q+1. The highest BCUT2D eigenvalue weighted by Gasteiger charge is 2.30. The summed E-state index contributed by atoms with van der Waals surface area (Å²) >= 11 is 0. The highest BCUT2D eigenvalue weighted by molar-refractivity contribution is 5.87. The van der Waals surface area contributed by atoms with Gasteiger partial charge in [-0.05, 0) is 38.8 Å². The molecule has 0 aliphatic carbocycles. The summed E-state index contributed by atoms with van der Waals surface area (Å²) in [6, 6.07) is 20.5. The molecule has 0 saturated heterocycles. The number of carbonyl (C=O) groups is 1. The van der Waals surface area contributed by atoms with Crippen LogP contribution in [0, 0.1) is 0 Å². The molecule has 0 N–H and O–H groups in total. The first-order chi connectivity index (χ1) is 12.9. The maximum Gasteiger partial charge on any atom is 0.235 e. The molecule has 0 aliphatic rings. The summed E-state index contributed by atoms with van der Waals surface area (Å²) in [7, 11) is 2.27. The molecule has 2 aromatic rings. The van der Waals surface area contributed by atoms with Crippen LogP contribution in [-0.4, -0.2) is 54.6 Å². The summed E-state index contributed by atoms with van der Waals surface area (Å²) in [4.78, 5) is 15.8. The second kappa shape index (κ2) is 9.70. The third-order valence-electron chi connectivity index (χ3n) is 5.83. The van der Waals surface area contributed by atoms with E-state index in [1.807, 2.05) is 36.4 Å². The Morgan fingerprint density at radius 3 is 1.70 bits per heavy atom. The van der Waals surface area contributed by atoms with Gasteiger partial charge >= 0.3 is 0 Å². The molecule has 0 heterocycles. The molecule has 0 saturated carbocycles. The average Bonchev–Trinajstić information content (AvgIpc) is 2.69. The van der Waals surface area contributed by atoms with Crippen LogP contribution in [0.1, 0.15) is 44.7 Å². The smallest absolute Gasteiger partial charge is 0.235 e. The van der Waals surface area contributed by atoms with E-state index in [-0.39, 0.29) is 17.9 Å². The molecule has 27 heavy (non-hydrogen) atoms. The molecule has 0 atom stereocenters. The molecule has 0 aromatic heterocycles. The number of rotatable bonds is 9. The second-order valence-electron chi connectivity index (χ2n) is 7.86. The number of hydrogen-bond donors (Lipinski definition) is 0. The van der Waals surface area contributed by atoms with E-state index in [1.54, 1.807) is 0 Å². The van der Waals surface area contributed by atoms with E-state index in [0.29, 0.717) is 0 Å². The number of benzene rings is 2. The monoisotopic (exact) mass is 367 g/mol. The molecule has 1 amide bonds. The fourth-order valence-electron chi connectivity index (χ4n) is 3.45. The minimum Gasteiger partial charge on any atom is -0.334 e. The van der Waals surface area contributed by atoms with Crippen molar-refractivity contribution in [3.05, 3.63) is 71.8 Å². The summed E-state index contributed by atoms with van der Waals surface area (Å²) < 4.78 is 0.984. The Balaban J connectivity index is 2.33. The predicted octanol–water partition coefficient (Wildman–Crippen LogP) is 4.54. The van der Waals surface area contributed by atoms with E-state index in [2.05, 4.69) is 63.9 Å². The van der Waals surface area contributed by atoms with E-state index >= 15 is 0 Å². The van der Waals surface area contributed by atoms with Gasteiger partial charge in [0.15, 0.2) is 0 Å². The Hall–Kier alpha value is -2.13. The maximum atomic E-state index is 13.7. The predicted molar refractivity (Wildman–Crippen MR) is 114 cm³/mol. The Labute approximate surface area is 165 Å². The van der Waals surface area contributed by atoms with Crippen molar-refractivity contribution in [2.45, 2.75) is 39.7 Å². The SMILES string of the molecule is CC[N+](C)(CC)CCN(C(=O)C(c1ccccc1)c1ccccc1)C(C)C. The van der Waals surface area contributed by atoms with Gasteiger partial charge in [0.05, 0.1) is 39.1 Å². The van der Waals surface area contributed by atoms with Gasteiger partial charge in [-0.2, -0.15) is 0 Å². The molecule has 3 nitrogen and oxygen atoms in total. The number of amides is 1. The summed E-state index contributed by atoms with van der Waals surface area (Å²) in [5.74, 6) is -0.0574. The molecule has 0 fully saturated rings. The van der Waals surface area contributed by atoms with Gasteiger partial charge in [0.1, 0.15) is 0 Å². The topological polar surface area (TPSA) is 20.3 Å². The van der Waals surface area contributed by atoms with Crippen molar-refractivity contribution in [2.24, 2.45) is 0 Å². The first-order valence-corrected chi connectivity index (χ1v) is 10.2. The van der Waals surface area contributed by atoms with Crippen LogP contribution in [0.3, 0.4) is 0 Å². The summed E-state index contributed by atoms with van der Waals surface area (Å²) in [5, 5.41) is 0. The van der Waals surface area contributed by atoms with Crippen molar-refractivity contribution in [3.63, 3.8) is 0 Å². The number of nitrogens with zero attached hydrogens (tertiary/aromatic N) is 2. The lowest BCUT2D eigenvalue weighted by atomic mass is 9.89. The zero-order valence-corrected chi connectivity index (χ0v) is 17.6. The lowest BCUT2D eigenvalue weighted by molar-refractivity contribution is -0.905. The number of likely N-dealkylation sites (N-methyl/N-ethyl adjacent to an activating group) is 1. The van der Waals surface area contributed by atoms with Gasteiger partial charge in [0.25, 0.3) is 0 Å². The molecule has 0 bridgehead atoms. The van der Waals surface area contributed by atoms with E-state index in [0.717, 1.165) is 41.8 Å².